The maximum atomic E-state index is 5.17. The summed E-state index contributed by atoms with van der Waals surface area (Å²) in [6, 6.07) is 0. The first-order valence-electron chi connectivity index (χ1n) is 2.96. The van der Waals surface area contributed by atoms with Gasteiger partial charge in [0.05, 0.1) is 6.61 Å². The van der Waals surface area contributed by atoms with Gasteiger partial charge in [-0.3, -0.25) is 0 Å². The van der Waals surface area contributed by atoms with Crippen molar-refractivity contribution in [1.82, 2.24) is 5.48 Å². The zero-order valence-corrected chi connectivity index (χ0v) is 5.31. The van der Waals surface area contributed by atoms with Crippen molar-refractivity contribution < 1.29 is 4.84 Å². The summed E-state index contributed by atoms with van der Waals surface area (Å²) in [6.45, 7) is 4.19. The molecule has 3 nitrogen and oxygen atoms in total. The molecule has 0 aromatic carbocycles. The van der Waals surface area contributed by atoms with E-state index in [9.17, 15) is 0 Å². The molecule has 0 fully saturated rings. The molecule has 0 atom stereocenters. The first-order chi connectivity index (χ1) is 3.91. The van der Waals surface area contributed by atoms with Gasteiger partial charge in [-0.15, -0.1) is 0 Å². The maximum absolute atomic E-state index is 5.17. The van der Waals surface area contributed by atoms with E-state index >= 15 is 0 Å². The largest absolute Gasteiger partial charge is 0.329 e. The van der Waals surface area contributed by atoms with Crippen molar-refractivity contribution in [1.29, 1.82) is 0 Å². The molecule has 0 heterocycles. The van der Waals surface area contributed by atoms with Crippen LogP contribution in [0.2, 0.25) is 0 Å². The number of rotatable bonds is 5. The zero-order valence-electron chi connectivity index (χ0n) is 5.31. The Hall–Kier alpha value is -0.120. The summed E-state index contributed by atoms with van der Waals surface area (Å²) in [6.07, 6.45) is 1.04. The molecular formula is C5H14N2O. The minimum Gasteiger partial charge on any atom is -0.329 e. The number of nitrogens with one attached hydrogen (secondary N) is 1. The highest BCUT2D eigenvalue weighted by atomic mass is 16.6. The van der Waals surface area contributed by atoms with Crippen LogP contribution in [0.25, 0.3) is 0 Å². The Morgan fingerprint density at radius 3 is 2.88 bits per heavy atom. The van der Waals surface area contributed by atoms with Crippen LogP contribution < -0.4 is 11.2 Å². The second-order valence-corrected chi connectivity index (χ2v) is 1.53. The summed E-state index contributed by atoms with van der Waals surface area (Å²) < 4.78 is 0. The molecule has 0 aromatic heterocycles. The van der Waals surface area contributed by atoms with Crippen LogP contribution in [0.3, 0.4) is 0 Å². The minimum atomic E-state index is 0.629. The first kappa shape index (κ1) is 7.88. The predicted molar refractivity (Wildman–Crippen MR) is 33.3 cm³/mol. The third kappa shape index (κ3) is 5.88. The monoisotopic (exact) mass is 118 g/mol. The van der Waals surface area contributed by atoms with Crippen molar-refractivity contribution >= 4 is 0 Å². The first-order valence-corrected chi connectivity index (χ1v) is 2.96. The SMILES string of the molecule is CCCONCCN. The zero-order chi connectivity index (χ0) is 6.24. The standard InChI is InChI=1S/C5H14N2O/c1-2-5-8-7-4-3-6/h7H,2-6H2,1H3. The van der Waals surface area contributed by atoms with E-state index in [0.717, 1.165) is 19.6 Å². The number of hydrogen-bond donors (Lipinski definition) is 2. The molecule has 0 radical (unpaired) electrons. The molecule has 0 aliphatic carbocycles. The van der Waals surface area contributed by atoms with Gasteiger partial charge >= 0.3 is 0 Å². The molecule has 0 unspecified atom stereocenters. The Morgan fingerprint density at radius 2 is 2.38 bits per heavy atom. The van der Waals surface area contributed by atoms with Crippen LogP contribution in [0, 0.1) is 0 Å². The van der Waals surface area contributed by atoms with E-state index in [-0.39, 0.29) is 0 Å². The molecule has 50 valence electrons. The van der Waals surface area contributed by atoms with Crippen molar-refractivity contribution in [3.63, 3.8) is 0 Å². The Balaban J connectivity index is 2.53. The van der Waals surface area contributed by atoms with Gasteiger partial charge in [0.25, 0.3) is 0 Å². The van der Waals surface area contributed by atoms with Gasteiger partial charge < -0.3 is 10.6 Å². The highest BCUT2D eigenvalue weighted by Crippen LogP contribution is 1.72. The van der Waals surface area contributed by atoms with Crippen molar-refractivity contribution in [2.75, 3.05) is 19.7 Å². The second kappa shape index (κ2) is 6.88. The summed E-state index contributed by atoms with van der Waals surface area (Å²) in [5.41, 5.74) is 7.88. The molecule has 0 aliphatic heterocycles. The van der Waals surface area contributed by atoms with E-state index < -0.39 is 0 Å². The molecular weight excluding hydrogens is 104 g/mol. The highest BCUT2D eigenvalue weighted by Gasteiger charge is 1.79. The lowest BCUT2D eigenvalue weighted by Gasteiger charge is -2.00. The molecule has 0 spiro atoms. The molecule has 0 aromatic rings. The third-order valence-electron chi connectivity index (χ3n) is 0.655. The second-order valence-electron chi connectivity index (χ2n) is 1.53. The lowest BCUT2D eigenvalue weighted by Crippen LogP contribution is -2.22. The molecule has 0 bridgehead atoms. The minimum absolute atomic E-state index is 0.629. The average Bonchev–Trinajstić information content (AvgIpc) is 1.81. The van der Waals surface area contributed by atoms with Crippen LogP contribution in [-0.2, 0) is 4.84 Å². The molecule has 8 heavy (non-hydrogen) atoms. The van der Waals surface area contributed by atoms with Gasteiger partial charge in [0, 0.05) is 13.1 Å². The van der Waals surface area contributed by atoms with Gasteiger partial charge in [-0.25, -0.2) is 5.48 Å². The predicted octanol–water partition coefficient (Wildman–Crippen LogP) is -0.124. The fourth-order valence-electron chi connectivity index (χ4n) is 0.305. The van der Waals surface area contributed by atoms with Gasteiger partial charge in [0.2, 0.25) is 0 Å². The summed E-state index contributed by atoms with van der Waals surface area (Å²) in [7, 11) is 0. The molecule has 0 aliphatic rings. The van der Waals surface area contributed by atoms with Crippen LogP contribution in [-0.4, -0.2) is 19.7 Å². The van der Waals surface area contributed by atoms with Crippen LogP contribution in [0.4, 0.5) is 0 Å². The van der Waals surface area contributed by atoms with E-state index in [1.165, 1.54) is 0 Å². The van der Waals surface area contributed by atoms with Gasteiger partial charge in [0.1, 0.15) is 0 Å². The number of hydroxylamine groups is 1. The average molecular weight is 118 g/mol. The molecule has 3 N–H and O–H groups in total. The van der Waals surface area contributed by atoms with Crippen LogP contribution in [0.5, 0.6) is 0 Å². The quantitative estimate of drug-likeness (QED) is 0.390. The van der Waals surface area contributed by atoms with Gasteiger partial charge in [0.15, 0.2) is 0 Å². The lowest BCUT2D eigenvalue weighted by molar-refractivity contribution is 0.0437. The van der Waals surface area contributed by atoms with E-state index in [4.69, 9.17) is 10.6 Å². The van der Waals surface area contributed by atoms with Crippen LogP contribution >= 0.6 is 0 Å². The highest BCUT2D eigenvalue weighted by molar-refractivity contribution is 4.31. The summed E-state index contributed by atoms with van der Waals surface area (Å²) in [4.78, 5) is 4.89. The van der Waals surface area contributed by atoms with E-state index in [0.29, 0.717) is 6.54 Å². The smallest absolute Gasteiger partial charge is 0.0679 e. The Morgan fingerprint density at radius 1 is 1.62 bits per heavy atom. The normalized spacial score (nSPS) is 9.75. The van der Waals surface area contributed by atoms with Crippen molar-refractivity contribution in [2.45, 2.75) is 13.3 Å². The Kier molecular flexibility index (Phi) is 6.78. The summed E-state index contributed by atoms with van der Waals surface area (Å²) in [5.74, 6) is 0. The number of hydrogen-bond acceptors (Lipinski definition) is 3. The van der Waals surface area contributed by atoms with Crippen molar-refractivity contribution in [2.24, 2.45) is 5.73 Å². The Labute approximate surface area is 50.2 Å². The van der Waals surface area contributed by atoms with Crippen LogP contribution in [0.15, 0.2) is 0 Å². The van der Waals surface area contributed by atoms with E-state index in [1.807, 2.05) is 0 Å². The topological polar surface area (TPSA) is 47.3 Å². The molecule has 0 saturated heterocycles. The molecule has 0 saturated carbocycles. The summed E-state index contributed by atoms with van der Waals surface area (Å²) >= 11 is 0. The van der Waals surface area contributed by atoms with E-state index in [2.05, 4.69) is 12.4 Å². The van der Waals surface area contributed by atoms with Gasteiger partial charge in [-0.2, -0.15) is 0 Å². The number of nitrogens with two attached hydrogens (primary N) is 1. The lowest BCUT2D eigenvalue weighted by atomic mass is 10.5. The van der Waals surface area contributed by atoms with Crippen LogP contribution in [0.1, 0.15) is 13.3 Å². The fraction of sp³-hybridized carbons (Fsp3) is 1.00. The maximum Gasteiger partial charge on any atom is 0.0679 e. The molecule has 0 amide bonds. The van der Waals surface area contributed by atoms with Gasteiger partial charge in [-0.05, 0) is 6.42 Å². The van der Waals surface area contributed by atoms with Crippen molar-refractivity contribution in [3.05, 3.63) is 0 Å². The van der Waals surface area contributed by atoms with Crippen molar-refractivity contribution in [3.8, 4) is 0 Å². The molecule has 0 rings (SSSR count). The van der Waals surface area contributed by atoms with E-state index in [1.54, 1.807) is 0 Å². The fourth-order valence-corrected chi connectivity index (χ4v) is 0.305. The van der Waals surface area contributed by atoms with Gasteiger partial charge in [-0.1, -0.05) is 6.92 Å². The summed E-state index contributed by atoms with van der Waals surface area (Å²) in [5, 5.41) is 0. The molecule has 3 heteroatoms. The third-order valence-corrected chi connectivity index (χ3v) is 0.655. The Bertz CT molecular complexity index is 35.4.